The van der Waals surface area contributed by atoms with E-state index < -0.39 is 0 Å². The van der Waals surface area contributed by atoms with E-state index in [1.807, 2.05) is 25.1 Å². The predicted molar refractivity (Wildman–Crippen MR) is 66.0 cm³/mol. The van der Waals surface area contributed by atoms with Crippen LogP contribution >= 0.6 is 11.6 Å². The molecular weight excluding hydrogens is 238 g/mol. The molecule has 88 valence electrons. The Morgan fingerprint density at radius 2 is 2.18 bits per heavy atom. The SMILES string of the molecule is CC(NC(=O)c1ccco1)c1cccc(Cl)c1. The number of amides is 1. The fourth-order valence-electron chi connectivity index (χ4n) is 1.53. The summed E-state index contributed by atoms with van der Waals surface area (Å²) < 4.78 is 5.02. The average Bonchev–Trinajstić information content (AvgIpc) is 2.82. The summed E-state index contributed by atoms with van der Waals surface area (Å²) in [6, 6.07) is 10.6. The topological polar surface area (TPSA) is 42.2 Å². The lowest BCUT2D eigenvalue weighted by molar-refractivity contribution is 0.0912. The van der Waals surface area contributed by atoms with E-state index in [0.717, 1.165) is 5.56 Å². The van der Waals surface area contributed by atoms with E-state index >= 15 is 0 Å². The van der Waals surface area contributed by atoms with Crippen molar-refractivity contribution in [2.75, 3.05) is 0 Å². The Hall–Kier alpha value is -1.74. The second kappa shape index (κ2) is 5.06. The fourth-order valence-corrected chi connectivity index (χ4v) is 1.73. The molecule has 2 rings (SSSR count). The number of nitrogens with one attached hydrogen (secondary N) is 1. The first kappa shape index (κ1) is 11.7. The van der Waals surface area contributed by atoms with Gasteiger partial charge in [-0.25, -0.2) is 0 Å². The van der Waals surface area contributed by atoms with E-state index in [4.69, 9.17) is 16.0 Å². The van der Waals surface area contributed by atoms with Gasteiger partial charge in [0.2, 0.25) is 0 Å². The highest BCUT2D eigenvalue weighted by atomic mass is 35.5. The Morgan fingerprint density at radius 1 is 1.35 bits per heavy atom. The zero-order valence-electron chi connectivity index (χ0n) is 9.31. The first-order valence-corrected chi connectivity index (χ1v) is 5.64. The number of hydrogen-bond acceptors (Lipinski definition) is 2. The molecular formula is C13H12ClNO2. The fraction of sp³-hybridized carbons (Fsp3) is 0.154. The van der Waals surface area contributed by atoms with Gasteiger partial charge in [0.05, 0.1) is 12.3 Å². The summed E-state index contributed by atoms with van der Waals surface area (Å²) in [5, 5.41) is 3.49. The van der Waals surface area contributed by atoms with E-state index in [1.165, 1.54) is 6.26 Å². The van der Waals surface area contributed by atoms with Gasteiger partial charge >= 0.3 is 0 Å². The smallest absolute Gasteiger partial charge is 0.287 e. The second-order valence-corrected chi connectivity index (χ2v) is 4.16. The Bertz CT molecular complexity index is 508. The molecule has 4 heteroatoms. The van der Waals surface area contributed by atoms with Gasteiger partial charge in [-0.05, 0) is 36.8 Å². The number of benzene rings is 1. The van der Waals surface area contributed by atoms with Crippen LogP contribution in [-0.4, -0.2) is 5.91 Å². The third kappa shape index (κ3) is 2.88. The molecule has 0 saturated carbocycles. The molecule has 0 bridgehead atoms. The van der Waals surface area contributed by atoms with Crippen LogP contribution in [0.4, 0.5) is 0 Å². The molecule has 17 heavy (non-hydrogen) atoms. The van der Waals surface area contributed by atoms with Gasteiger partial charge in [0.15, 0.2) is 5.76 Å². The van der Waals surface area contributed by atoms with Gasteiger partial charge in [-0.2, -0.15) is 0 Å². The quantitative estimate of drug-likeness (QED) is 0.906. The molecule has 0 fully saturated rings. The molecule has 1 N–H and O–H groups in total. The summed E-state index contributed by atoms with van der Waals surface area (Å²) in [5.41, 5.74) is 0.956. The highest BCUT2D eigenvalue weighted by Gasteiger charge is 2.13. The van der Waals surface area contributed by atoms with Crippen molar-refractivity contribution in [1.82, 2.24) is 5.32 Å². The number of carbonyl (C=O) groups is 1. The van der Waals surface area contributed by atoms with E-state index in [0.29, 0.717) is 10.8 Å². The lowest BCUT2D eigenvalue weighted by Crippen LogP contribution is -2.26. The molecule has 1 atom stereocenters. The Kier molecular flexibility index (Phi) is 3.49. The number of carbonyl (C=O) groups excluding carboxylic acids is 1. The normalized spacial score (nSPS) is 12.1. The first-order chi connectivity index (χ1) is 8.16. The second-order valence-electron chi connectivity index (χ2n) is 3.73. The molecule has 0 saturated heterocycles. The monoisotopic (exact) mass is 249 g/mol. The van der Waals surface area contributed by atoms with Crippen molar-refractivity contribution in [2.45, 2.75) is 13.0 Å². The van der Waals surface area contributed by atoms with Gasteiger partial charge < -0.3 is 9.73 Å². The summed E-state index contributed by atoms with van der Waals surface area (Å²) in [7, 11) is 0. The predicted octanol–water partition coefficient (Wildman–Crippen LogP) is 3.42. The Morgan fingerprint density at radius 3 is 2.82 bits per heavy atom. The molecule has 3 nitrogen and oxygen atoms in total. The van der Waals surface area contributed by atoms with Crippen molar-refractivity contribution in [2.24, 2.45) is 0 Å². The summed E-state index contributed by atoms with van der Waals surface area (Å²) in [6.07, 6.45) is 1.47. The lowest BCUT2D eigenvalue weighted by atomic mass is 10.1. The Balaban J connectivity index is 2.07. The molecule has 1 aromatic heterocycles. The van der Waals surface area contributed by atoms with E-state index in [-0.39, 0.29) is 11.9 Å². The van der Waals surface area contributed by atoms with Crippen LogP contribution in [0.5, 0.6) is 0 Å². The third-order valence-corrected chi connectivity index (χ3v) is 2.68. The largest absolute Gasteiger partial charge is 0.459 e. The minimum Gasteiger partial charge on any atom is -0.459 e. The van der Waals surface area contributed by atoms with E-state index in [2.05, 4.69) is 5.32 Å². The summed E-state index contributed by atoms with van der Waals surface area (Å²) >= 11 is 5.89. The van der Waals surface area contributed by atoms with Crippen LogP contribution < -0.4 is 5.32 Å². The minimum absolute atomic E-state index is 0.119. The first-order valence-electron chi connectivity index (χ1n) is 5.26. The van der Waals surface area contributed by atoms with Crippen molar-refractivity contribution in [1.29, 1.82) is 0 Å². The van der Waals surface area contributed by atoms with E-state index in [1.54, 1.807) is 18.2 Å². The molecule has 0 radical (unpaired) electrons. The maximum Gasteiger partial charge on any atom is 0.287 e. The van der Waals surface area contributed by atoms with Crippen LogP contribution in [0.15, 0.2) is 47.1 Å². The van der Waals surface area contributed by atoms with Crippen molar-refractivity contribution in [3.8, 4) is 0 Å². The van der Waals surface area contributed by atoms with Crippen molar-refractivity contribution in [3.63, 3.8) is 0 Å². The number of rotatable bonds is 3. The van der Waals surface area contributed by atoms with Crippen LogP contribution in [0.3, 0.4) is 0 Å². The molecule has 2 aromatic rings. The standard InChI is InChI=1S/C13H12ClNO2/c1-9(10-4-2-5-11(14)8-10)15-13(16)12-6-3-7-17-12/h2-9H,1H3,(H,15,16). The van der Waals surface area contributed by atoms with Crippen LogP contribution in [0.25, 0.3) is 0 Å². The van der Waals surface area contributed by atoms with Gasteiger partial charge in [0.25, 0.3) is 5.91 Å². The maximum absolute atomic E-state index is 11.7. The van der Waals surface area contributed by atoms with E-state index in [9.17, 15) is 4.79 Å². The molecule has 0 aliphatic rings. The third-order valence-electron chi connectivity index (χ3n) is 2.44. The molecule has 1 aromatic carbocycles. The minimum atomic E-state index is -0.234. The van der Waals surface area contributed by atoms with Crippen LogP contribution in [0.2, 0.25) is 5.02 Å². The summed E-state index contributed by atoms with van der Waals surface area (Å²) in [6.45, 7) is 1.90. The zero-order valence-corrected chi connectivity index (χ0v) is 10.1. The van der Waals surface area contributed by atoms with Crippen molar-refractivity contribution >= 4 is 17.5 Å². The average molecular weight is 250 g/mol. The molecule has 0 aliphatic heterocycles. The number of furan rings is 1. The molecule has 1 unspecified atom stereocenters. The van der Waals surface area contributed by atoms with Crippen LogP contribution in [0.1, 0.15) is 29.1 Å². The number of halogens is 1. The van der Waals surface area contributed by atoms with Gasteiger partial charge in [0.1, 0.15) is 0 Å². The molecule has 1 heterocycles. The van der Waals surface area contributed by atoms with Crippen molar-refractivity contribution < 1.29 is 9.21 Å². The maximum atomic E-state index is 11.7. The molecule has 0 aliphatic carbocycles. The summed E-state index contributed by atoms with van der Waals surface area (Å²) in [4.78, 5) is 11.7. The number of hydrogen-bond donors (Lipinski definition) is 1. The molecule has 0 spiro atoms. The van der Waals surface area contributed by atoms with Gasteiger partial charge in [0, 0.05) is 5.02 Å². The Labute approximate surface area is 104 Å². The van der Waals surface area contributed by atoms with Crippen LogP contribution in [-0.2, 0) is 0 Å². The summed E-state index contributed by atoms with van der Waals surface area (Å²) in [5.74, 6) is 0.0707. The lowest BCUT2D eigenvalue weighted by Gasteiger charge is -2.13. The van der Waals surface area contributed by atoms with Gasteiger partial charge in [-0.3, -0.25) is 4.79 Å². The molecule has 1 amide bonds. The van der Waals surface area contributed by atoms with Crippen molar-refractivity contribution in [3.05, 3.63) is 59.0 Å². The van der Waals surface area contributed by atoms with Gasteiger partial charge in [-0.1, -0.05) is 23.7 Å². The van der Waals surface area contributed by atoms with Crippen LogP contribution in [0, 0.1) is 0 Å². The van der Waals surface area contributed by atoms with Gasteiger partial charge in [-0.15, -0.1) is 0 Å². The zero-order chi connectivity index (χ0) is 12.3. The highest BCUT2D eigenvalue weighted by Crippen LogP contribution is 2.17. The highest BCUT2D eigenvalue weighted by molar-refractivity contribution is 6.30.